The molecule has 0 aliphatic rings. The molecule has 0 radical (unpaired) electrons. The second kappa shape index (κ2) is 14.5. The maximum Gasteiger partial charge on any atom is 0.243 e. The third-order valence-corrected chi connectivity index (χ3v) is 6.81. The van der Waals surface area contributed by atoms with Gasteiger partial charge in [0.25, 0.3) is 0 Å². The molecule has 1 aromatic heterocycles. The van der Waals surface area contributed by atoms with Crippen molar-refractivity contribution in [3.8, 4) is 0 Å². The number of carbonyl (C=O) groups excluding carboxylic acids is 3. The number of rotatable bonds is 13. The highest BCUT2D eigenvalue weighted by Crippen LogP contribution is 2.26. The second-order valence-corrected chi connectivity index (χ2v) is 10.0. The summed E-state index contributed by atoms with van der Waals surface area (Å²) >= 11 is 7.54. The minimum atomic E-state index is -0.812. The molecule has 37 heavy (non-hydrogen) atoms. The lowest BCUT2D eigenvalue weighted by Crippen LogP contribution is -2.53. The number of hydrogen-bond donors (Lipinski definition) is 4. The predicted octanol–water partition coefficient (Wildman–Crippen LogP) is 3.01. The second-order valence-electron chi connectivity index (χ2n) is 8.50. The van der Waals surface area contributed by atoms with Crippen LogP contribution in [-0.2, 0) is 27.2 Å². The molecule has 196 valence electrons. The van der Waals surface area contributed by atoms with Crippen LogP contribution in [0.25, 0.3) is 10.2 Å². The maximum absolute atomic E-state index is 13.4. The summed E-state index contributed by atoms with van der Waals surface area (Å²) in [5.41, 5.74) is 1.81. The topological polar surface area (TPSA) is 112 Å². The van der Waals surface area contributed by atoms with Crippen LogP contribution in [-0.4, -0.2) is 54.9 Å². The van der Waals surface area contributed by atoms with E-state index in [4.69, 9.17) is 11.6 Å². The largest absolute Gasteiger partial charge is 0.350 e. The Morgan fingerprint density at radius 1 is 1.08 bits per heavy atom. The third kappa shape index (κ3) is 9.27. The monoisotopic (exact) mass is 541 g/mol. The number of nitrogens with one attached hydrogen (secondary N) is 4. The van der Waals surface area contributed by atoms with Crippen LogP contribution in [0.4, 0.5) is 0 Å². The van der Waals surface area contributed by atoms with E-state index in [-0.39, 0.29) is 43.1 Å². The van der Waals surface area contributed by atoms with Crippen molar-refractivity contribution in [2.45, 2.75) is 38.3 Å². The Morgan fingerprint density at radius 2 is 1.86 bits per heavy atom. The van der Waals surface area contributed by atoms with Crippen molar-refractivity contribution in [2.75, 3.05) is 20.1 Å². The number of halogens is 1. The fraction of sp³-hybridized carbons (Fsp3) is 0.333. The Kier molecular flexibility index (Phi) is 11.1. The summed E-state index contributed by atoms with van der Waals surface area (Å²) in [4.78, 5) is 42.5. The summed E-state index contributed by atoms with van der Waals surface area (Å²) in [6.45, 7) is 2.55. The van der Waals surface area contributed by atoms with Gasteiger partial charge in [-0.05, 0) is 37.2 Å². The Morgan fingerprint density at radius 3 is 2.59 bits per heavy atom. The molecule has 8 nitrogen and oxygen atoms in total. The minimum absolute atomic E-state index is 0.230. The zero-order valence-corrected chi connectivity index (χ0v) is 22.5. The normalized spacial score (nSPS) is 12.8. The van der Waals surface area contributed by atoms with Crippen LogP contribution in [0.1, 0.15) is 23.9 Å². The van der Waals surface area contributed by atoms with Crippen LogP contribution in [0, 0.1) is 0 Å². The molecule has 4 N–H and O–H groups in total. The molecule has 0 fully saturated rings. The SMILES string of the molecule is CCC(=O)N[C@@H](Cc1nc2ccc(Cl)cc2s1)C(=O)NC(CNC(=O)/C=C/CNC)Cc1ccccc1. The number of nitrogens with zero attached hydrogens (tertiary/aromatic N) is 1. The van der Waals surface area contributed by atoms with Crippen LogP contribution in [0.2, 0.25) is 5.02 Å². The Balaban J connectivity index is 1.75. The lowest BCUT2D eigenvalue weighted by atomic mass is 10.0. The van der Waals surface area contributed by atoms with E-state index in [1.54, 1.807) is 26.1 Å². The van der Waals surface area contributed by atoms with Crippen molar-refractivity contribution in [3.05, 3.63) is 76.3 Å². The smallest absolute Gasteiger partial charge is 0.243 e. The minimum Gasteiger partial charge on any atom is -0.350 e. The maximum atomic E-state index is 13.4. The van der Waals surface area contributed by atoms with E-state index in [0.717, 1.165) is 20.8 Å². The van der Waals surface area contributed by atoms with Crippen molar-refractivity contribution < 1.29 is 14.4 Å². The van der Waals surface area contributed by atoms with Gasteiger partial charge < -0.3 is 21.3 Å². The summed E-state index contributed by atoms with van der Waals surface area (Å²) < 4.78 is 0.916. The first-order valence-electron chi connectivity index (χ1n) is 12.2. The molecule has 0 saturated heterocycles. The van der Waals surface area contributed by atoms with Crippen LogP contribution in [0.5, 0.6) is 0 Å². The number of aromatic nitrogens is 1. The van der Waals surface area contributed by atoms with E-state index in [1.807, 2.05) is 42.5 Å². The highest BCUT2D eigenvalue weighted by atomic mass is 35.5. The summed E-state index contributed by atoms with van der Waals surface area (Å²) in [5, 5.41) is 13.0. The van der Waals surface area contributed by atoms with Crippen molar-refractivity contribution in [3.63, 3.8) is 0 Å². The van der Waals surface area contributed by atoms with Gasteiger partial charge in [0, 0.05) is 37.0 Å². The molecule has 3 rings (SSSR count). The molecule has 2 aromatic carbocycles. The molecule has 1 unspecified atom stereocenters. The van der Waals surface area contributed by atoms with Gasteiger partial charge in [-0.1, -0.05) is 54.9 Å². The van der Waals surface area contributed by atoms with E-state index in [1.165, 1.54) is 17.4 Å². The van der Waals surface area contributed by atoms with Crippen molar-refractivity contribution in [2.24, 2.45) is 0 Å². The number of hydrogen-bond acceptors (Lipinski definition) is 6. The van der Waals surface area contributed by atoms with Gasteiger partial charge in [0.2, 0.25) is 17.7 Å². The van der Waals surface area contributed by atoms with Crippen molar-refractivity contribution in [1.29, 1.82) is 0 Å². The van der Waals surface area contributed by atoms with Gasteiger partial charge in [0.05, 0.1) is 21.3 Å². The van der Waals surface area contributed by atoms with Gasteiger partial charge in [0.1, 0.15) is 6.04 Å². The molecule has 3 aromatic rings. The van der Waals surface area contributed by atoms with Gasteiger partial charge in [-0.2, -0.15) is 0 Å². The zero-order chi connectivity index (χ0) is 26.6. The van der Waals surface area contributed by atoms with Crippen molar-refractivity contribution >= 4 is 50.9 Å². The molecule has 1 heterocycles. The molecule has 0 bridgehead atoms. The molecule has 10 heteroatoms. The molecule has 0 aliphatic carbocycles. The fourth-order valence-corrected chi connectivity index (χ4v) is 4.94. The summed E-state index contributed by atoms with van der Waals surface area (Å²) in [5.74, 6) is -0.807. The molecule has 0 spiro atoms. The Labute approximate surface area is 225 Å². The molecular weight excluding hydrogens is 510 g/mol. The van der Waals surface area contributed by atoms with Gasteiger partial charge in [-0.3, -0.25) is 14.4 Å². The van der Waals surface area contributed by atoms with Gasteiger partial charge in [-0.25, -0.2) is 4.98 Å². The average molecular weight is 542 g/mol. The van der Waals surface area contributed by atoms with Crippen LogP contribution in [0.15, 0.2) is 60.7 Å². The predicted molar refractivity (Wildman–Crippen MR) is 149 cm³/mol. The average Bonchev–Trinajstić information content (AvgIpc) is 3.29. The quantitative estimate of drug-likeness (QED) is 0.249. The lowest BCUT2D eigenvalue weighted by Gasteiger charge is -2.23. The van der Waals surface area contributed by atoms with E-state index in [9.17, 15) is 14.4 Å². The first-order valence-corrected chi connectivity index (χ1v) is 13.3. The van der Waals surface area contributed by atoms with Crippen LogP contribution in [0.3, 0.4) is 0 Å². The summed E-state index contributed by atoms with van der Waals surface area (Å²) in [6.07, 6.45) is 4.19. The van der Waals surface area contributed by atoms with Gasteiger partial charge >= 0.3 is 0 Å². The van der Waals surface area contributed by atoms with E-state index in [2.05, 4.69) is 26.3 Å². The number of thiazole rings is 1. The summed E-state index contributed by atoms with van der Waals surface area (Å²) in [7, 11) is 1.80. The number of amides is 3. The number of fused-ring (bicyclic) bond motifs is 1. The van der Waals surface area contributed by atoms with Gasteiger partial charge in [-0.15, -0.1) is 11.3 Å². The van der Waals surface area contributed by atoms with Crippen LogP contribution < -0.4 is 21.3 Å². The first kappa shape index (κ1) is 28.3. The lowest BCUT2D eigenvalue weighted by molar-refractivity contribution is -0.129. The zero-order valence-electron chi connectivity index (χ0n) is 20.9. The van der Waals surface area contributed by atoms with E-state index >= 15 is 0 Å². The third-order valence-electron chi connectivity index (χ3n) is 5.53. The van der Waals surface area contributed by atoms with Gasteiger partial charge in [0.15, 0.2) is 0 Å². The highest BCUT2D eigenvalue weighted by Gasteiger charge is 2.25. The number of carbonyl (C=O) groups is 3. The Bertz CT molecular complexity index is 1230. The molecule has 0 saturated carbocycles. The van der Waals surface area contributed by atoms with E-state index < -0.39 is 6.04 Å². The highest BCUT2D eigenvalue weighted by molar-refractivity contribution is 7.18. The number of benzene rings is 2. The molecule has 3 amide bonds. The molecule has 0 aliphatic heterocycles. The van der Waals surface area contributed by atoms with Crippen molar-refractivity contribution in [1.82, 2.24) is 26.3 Å². The Hall–Kier alpha value is -3.27. The van der Waals surface area contributed by atoms with E-state index in [0.29, 0.717) is 18.0 Å². The number of likely N-dealkylation sites (N-methyl/N-ethyl adjacent to an activating group) is 1. The molecular formula is C27H32ClN5O3S. The summed E-state index contributed by atoms with van der Waals surface area (Å²) in [6, 6.07) is 14.0. The van der Waals surface area contributed by atoms with Crippen LogP contribution >= 0.6 is 22.9 Å². The standard InChI is InChI=1S/C27H32ClN5O3S/c1-3-24(34)32-22(16-26-33-21-12-11-19(28)15-23(21)37-26)27(36)31-20(14-18-8-5-4-6-9-18)17-30-25(35)10-7-13-29-2/h4-12,15,20,22,29H,3,13-14,16-17H2,1-2H3,(H,30,35)(H,31,36)(H,32,34)/b10-7+/t20?,22-/m0/s1. The fourth-order valence-electron chi connectivity index (χ4n) is 3.65. The molecule has 2 atom stereocenters. The first-order chi connectivity index (χ1) is 17.9.